The molecule has 0 bridgehead atoms. The van der Waals surface area contributed by atoms with Crippen molar-refractivity contribution in [1.82, 2.24) is 14.8 Å². The number of aliphatic hydroxyl groups is 1. The first-order valence-corrected chi connectivity index (χ1v) is 10.5. The second-order valence-electron chi connectivity index (χ2n) is 8.57. The molecule has 0 aliphatic carbocycles. The van der Waals surface area contributed by atoms with Gasteiger partial charge in [-0.3, -0.25) is 9.80 Å². The standard InChI is InChI=1S/C21H30FN3OS/c1-21(2,3)15-25-10-9-24(12-18(25)8-11-26)13-20-23-19(14-27-20)16-4-6-17(22)7-5-16/h4-7,14,18,26H,8-13,15H2,1-3H3/t18-/m1/s1. The molecule has 2 aromatic rings. The van der Waals surface area contributed by atoms with Crippen molar-refractivity contribution in [3.05, 3.63) is 40.5 Å². The lowest BCUT2D eigenvalue weighted by atomic mass is 9.94. The predicted molar refractivity (Wildman–Crippen MR) is 109 cm³/mol. The van der Waals surface area contributed by atoms with E-state index in [0.717, 1.165) is 55.4 Å². The molecule has 1 N–H and O–H groups in total. The number of halogens is 1. The Balaban J connectivity index is 1.62. The van der Waals surface area contributed by atoms with Gasteiger partial charge in [0.2, 0.25) is 0 Å². The number of aliphatic hydroxyl groups excluding tert-OH is 1. The van der Waals surface area contributed by atoms with Crippen LogP contribution in [0.5, 0.6) is 0 Å². The molecule has 1 aliphatic rings. The first-order chi connectivity index (χ1) is 12.8. The van der Waals surface area contributed by atoms with Crippen LogP contribution in [-0.2, 0) is 6.54 Å². The van der Waals surface area contributed by atoms with Crippen LogP contribution in [0.2, 0.25) is 0 Å². The Morgan fingerprint density at radius 2 is 1.96 bits per heavy atom. The normalized spacial score (nSPS) is 19.5. The molecule has 6 heteroatoms. The number of hydrogen-bond donors (Lipinski definition) is 1. The molecule has 1 aromatic carbocycles. The zero-order valence-corrected chi connectivity index (χ0v) is 17.3. The molecule has 0 amide bonds. The van der Waals surface area contributed by atoms with Crippen LogP contribution in [0.15, 0.2) is 29.6 Å². The number of benzene rings is 1. The first kappa shape index (κ1) is 20.4. The van der Waals surface area contributed by atoms with Gasteiger partial charge >= 0.3 is 0 Å². The average Bonchev–Trinajstić information content (AvgIpc) is 3.05. The molecular weight excluding hydrogens is 361 g/mol. The molecule has 27 heavy (non-hydrogen) atoms. The third kappa shape index (κ3) is 5.82. The predicted octanol–water partition coefficient (Wildman–Crippen LogP) is 3.86. The Labute approximate surface area is 165 Å². The van der Waals surface area contributed by atoms with Gasteiger partial charge in [-0.05, 0) is 36.1 Å². The van der Waals surface area contributed by atoms with Crippen molar-refractivity contribution >= 4 is 11.3 Å². The minimum absolute atomic E-state index is 0.225. The smallest absolute Gasteiger partial charge is 0.123 e. The monoisotopic (exact) mass is 391 g/mol. The van der Waals surface area contributed by atoms with Crippen LogP contribution >= 0.6 is 11.3 Å². The van der Waals surface area contributed by atoms with E-state index < -0.39 is 0 Å². The minimum atomic E-state index is -0.225. The van der Waals surface area contributed by atoms with Gasteiger partial charge in [-0.2, -0.15) is 0 Å². The van der Waals surface area contributed by atoms with Gasteiger partial charge in [0.15, 0.2) is 0 Å². The van der Waals surface area contributed by atoms with Gasteiger partial charge in [0.05, 0.1) is 12.2 Å². The summed E-state index contributed by atoms with van der Waals surface area (Å²) in [4.78, 5) is 9.71. The maximum atomic E-state index is 13.1. The third-order valence-electron chi connectivity index (χ3n) is 4.88. The summed E-state index contributed by atoms with van der Waals surface area (Å²) in [5, 5.41) is 12.6. The van der Waals surface area contributed by atoms with Crippen LogP contribution in [0.4, 0.5) is 4.39 Å². The Morgan fingerprint density at radius 3 is 2.63 bits per heavy atom. The van der Waals surface area contributed by atoms with Crippen LogP contribution in [0.1, 0.15) is 32.2 Å². The van der Waals surface area contributed by atoms with Crippen LogP contribution in [-0.4, -0.2) is 58.7 Å². The number of thiazole rings is 1. The van der Waals surface area contributed by atoms with E-state index in [9.17, 15) is 9.50 Å². The summed E-state index contributed by atoms with van der Waals surface area (Å²) >= 11 is 1.66. The molecule has 1 atom stereocenters. The molecule has 0 saturated carbocycles. The molecule has 1 aliphatic heterocycles. The topological polar surface area (TPSA) is 39.6 Å². The van der Waals surface area contributed by atoms with E-state index in [1.54, 1.807) is 23.5 Å². The van der Waals surface area contributed by atoms with Crippen LogP contribution in [0.25, 0.3) is 11.3 Å². The van der Waals surface area contributed by atoms with E-state index in [2.05, 4.69) is 30.6 Å². The maximum Gasteiger partial charge on any atom is 0.123 e. The molecule has 0 spiro atoms. The number of rotatable bonds is 6. The summed E-state index contributed by atoms with van der Waals surface area (Å²) in [6.45, 7) is 11.9. The summed E-state index contributed by atoms with van der Waals surface area (Å²) in [5.41, 5.74) is 2.12. The third-order valence-corrected chi connectivity index (χ3v) is 5.71. The van der Waals surface area contributed by atoms with Gasteiger partial charge in [0, 0.05) is 49.8 Å². The first-order valence-electron chi connectivity index (χ1n) is 9.62. The van der Waals surface area contributed by atoms with Crippen molar-refractivity contribution in [2.75, 3.05) is 32.8 Å². The molecule has 0 radical (unpaired) electrons. The number of piperazine rings is 1. The second-order valence-corrected chi connectivity index (χ2v) is 9.51. The quantitative estimate of drug-likeness (QED) is 0.812. The van der Waals surface area contributed by atoms with E-state index in [1.807, 2.05) is 5.38 Å². The fourth-order valence-corrected chi connectivity index (χ4v) is 4.51. The van der Waals surface area contributed by atoms with Crippen LogP contribution in [0.3, 0.4) is 0 Å². The van der Waals surface area contributed by atoms with Crippen molar-refractivity contribution in [2.24, 2.45) is 5.41 Å². The molecule has 1 aromatic heterocycles. The van der Waals surface area contributed by atoms with Crippen molar-refractivity contribution in [3.63, 3.8) is 0 Å². The molecule has 148 valence electrons. The highest BCUT2D eigenvalue weighted by atomic mass is 32.1. The summed E-state index contributed by atoms with van der Waals surface area (Å²) < 4.78 is 13.1. The second kappa shape index (κ2) is 8.78. The zero-order valence-electron chi connectivity index (χ0n) is 16.5. The summed E-state index contributed by atoms with van der Waals surface area (Å²) in [7, 11) is 0. The van der Waals surface area contributed by atoms with E-state index in [-0.39, 0.29) is 17.8 Å². The van der Waals surface area contributed by atoms with Gasteiger partial charge in [0.1, 0.15) is 10.8 Å². The summed E-state index contributed by atoms with van der Waals surface area (Å²) in [6, 6.07) is 6.89. The molecule has 1 saturated heterocycles. The molecule has 1 fully saturated rings. The van der Waals surface area contributed by atoms with Crippen molar-refractivity contribution in [3.8, 4) is 11.3 Å². The molecule has 4 nitrogen and oxygen atoms in total. The van der Waals surface area contributed by atoms with E-state index in [4.69, 9.17) is 4.98 Å². The lowest BCUT2D eigenvalue weighted by Crippen LogP contribution is -2.54. The largest absolute Gasteiger partial charge is 0.396 e. The van der Waals surface area contributed by atoms with Gasteiger partial charge in [-0.1, -0.05) is 20.8 Å². The van der Waals surface area contributed by atoms with E-state index in [0.29, 0.717) is 6.04 Å². The van der Waals surface area contributed by atoms with Gasteiger partial charge < -0.3 is 5.11 Å². The van der Waals surface area contributed by atoms with Crippen LogP contribution in [0, 0.1) is 11.2 Å². The summed E-state index contributed by atoms with van der Waals surface area (Å²) in [5.74, 6) is -0.225. The zero-order chi connectivity index (χ0) is 19.4. The molecule has 3 rings (SSSR count). The Kier molecular flexibility index (Phi) is 6.63. The molecule has 2 heterocycles. The van der Waals surface area contributed by atoms with E-state index >= 15 is 0 Å². The van der Waals surface area contributed by atoms with Gasteiger partial charge in [-0.25, -0.2) is 9.37 Å². The van der Waals surface area contributed by atoms with E-state index in [1.165, 1.54) is 12.1 Å². The van der Waals surface area contributed by atoms with Crippen molar-refractivity contribution in [2.45, 2.75) is 39.8 Å². The SMILES string of the molecule is CC(C)(C)CN1CCN(Cc2nc(-c3ccc(F)cc3)cs2)C[C@H]1CCO. The highest BCUT2D eigenvalue weighted by Gasteiger charge is 2.29. The van der Waals surface area contributed by atoms with Crippen molar-refractivity contribution < 1.29 is 9.50 Å². The van der Waals surface area contributed by atoms with Gasteiger partial charge in [0.25, 0.3) is 0 Å². The highest BCUT2D eigenvalue weighted by Crippen LogP contribution is 2.25. The Morgan fingerprint density at radius 1 is 1.22 bits per heavy atom. The Bertz CT molecular complexity index is 726. The average molecular weight is 392 g/mol. The number of aromatic nitrogens is 1. The lowest BCUT2D eigenvalue weighted by Gasteiger charge is -2.43. The number of hydrogen-bond acceptors (Lipinski definition) is 5. The minimum Gasteiger partial charge on any atom is -0.396 e. The Hall–Kier alpha value is -1.34. The van der Waals surface area contributed by atoms with Crippen LogP contribution < -0.4 is 0 Å². The lowest BCUT2D eigenvalue weighted by molar-refractivity contribution is 0.0339. The highest BCUT2D eigenvalue weighted by molar-refractivity contribution is 7.09. The molecule has 0 unspecified atom stereocenters. The maximum absolute atomic E-state index is 13.1. The fraction of sp³-hybridized carbons (Fsp3) is 0.571. The fourth-order valence-electron chi connectivity index (χ4n) is 3.67. The van der Waals surface area contributed by atoms with Gasteiger partial charge in [-0.15, -0.1) is 11.3 Å². The number of nitrogens with zero attached hydrogens (tertiary/aromatic N) is 3. The van der Waals surface area contributed by atoms with Crippen molar-refractivity contribution in [1.29, 1.82) is 0 Å². The summed E-state index contributed by atoms with van der Waals surface area (Å²) in [6.07, 6.45) is 0.811. The molecular formula is C21H30FN3OS.